The van der Waals surface area contributed by atoms with Crippen molar-refractivity contribution in [3.63, 3.8) is 0 Å². The summed E-state index contributed by atoms with van der Waals surface area (Å²) in [6, 6.07) is 20.8. The zero-order valence-electron chi connectivity index (χ0n) is 22.5. The Labute approximate surface area is 237 Å². The van der Waals surface area contributed by atoms with Crippen LogP contribution in [0.15, 0.2) is 91.3 Å². The quantitative estimate of drug-likeness (QED) is 0.191. The molecule has 4 rings (SSSR count). The Bertz CT molecular complexity index is 1440. The molecule has 2 aromatic carbocycles. The fraction of sp³-hybridized carbons (Fsp3) is 0.226. The van der Waals surface area contributed by atoms with E-state index in [0.29, 0.717) is 22.5 Å². The summed E-state index contributed by atoms with van der Waals surface area (Å²) in [6.07, 6.45) is 3.20. The lowest BCUT2D eigenvalue weighted by atomic mass is 9.96. The molecule has 0 amide bonds. The van der Waals surface area contributed by atoms with E-state index >= 15 is 0 Å². The number of aromatic nitrogens is 2. The summed E-state index contributed by atoms with van der Waals surface area (Å²) >= 11 is 0. The van der Waals surface area contributed by atoms with Crippen molar-refractivity contribution < 1.29 is 30.0 Å². The number of carbonyl (C=O) groups is 2. The normalized spacial score (nSPS) is 12.8. The molecule has 0 aliphatic carbocycles. The lowest BCUT2D eigenvalue weighted by Crippen LogP contribution is -2.43. The maximum absolute atomic E-state index is 12.1. The Morgan fingerprint density at radius 1 is 0.683 bits per heavy atom. The summed E-state index contributed by atoms with van der Waals surface area (Å²) in [5.74, 6) is -2.22. The minimum Gasteiger partial charge on any atom is -0.508 e. The number of aromatic hydroxyl groups is 2. The molecule has 4 N–H and O–H groups in total. The van der Waals surface area contributed by atoms with Crippen molar-refractivity contribution in [2.45, 2.75) is 19.0 Å². The standard InChI is InChI=1S/C31H32N4O6/c1-21-9-8-16-33-29(21)31(23-11-3-5-14-26(23)37)35(20-28(40)41)18-17-34(19-27(38)39)30(24-12-6-7-15-32-24)22-10-2-4-13-25(22)36/h2-16,30-31,36-37H,17-20H2,1H3,(H,38,39)(H,40,41). The average molecular weight is 557 g/mol. The van der Waals surface area contributed by atoms with E-state index in [2.05, 4.69) is 9.97 Å². The second kappa shape index (κ2) is 13.5. The summed E-state index contributed by atoms with van der Waals surface area (Å²) in [5, 5.41) is 41.3. The second-order valence-corrected chi connectivity index (χ2v) is 9.61. The molecule has 0 radical (unpaired) electrons. The van der Waals surface area contributed by atoms with E-state index in [9.17, 15) is 30.0 Å². The lowest BCUT2D eigenvalue weighted by Gasteiger charge is -2.36. The Morgan fingerprint density at radius 3 is 1.71 bits per heavy atom. The van der Waals surface area contributed by atoms with E-state index in [4.69, 9.17) is 0 Å². The molecular formula is C31H32N4O6. The molecule has 2 unspecified atom stereocenters. The van der Waals surface area contributed by atoms with Crippen molar-refractivity contribution in [1.29, 1.82) is 0 Å². The molecule has 2 aromatic heterocycles. The number of para-hydroxylation sites is 2. The molecule has 0 bridgehead atoms. The number of aryl methyl sites for hydroxylation is 1. The van der Waals surface area contributed by atoms with Crippen molar-refractivity contribution in [3.8, 4) is 11.5 Å². The molecular weight excluding hydrogens is 524 g/mol. The Balaban J connectivity index is 1.78. The summed E-state index contributed by atoms with van der Waals surface area (Å²) in [4.78, 5) is 36.5. The van der Waals surface area contributed by atoms with Gasteiger partial charge in [0.1, 0.15) is 11.5 Å². The first kappa shape index (κ1) is 29.2. The lowest BCUT2D eigenvalue weighted by molar-refractivity contribution is -0.140. The third-order valence-electron chi connectivity index (χ3n) is 6.82. The van der Waals surface area contributed by atoms with Crippen LogP contribution in [0.4, 0.5) is 0 Å². The van der Waals surface area contributed by atoms with E-state index in [1.807, 2.05) is 13.0 Å². The third kappa shape index (κ3) is 7.24. The fourth-order valence-corrected chi connectivity index (χ4v) is 5.02. The van der Waals surface area contributed by atoms with Gasteiger partial charge in [-0.2, -0.15) is 0 Å². The van der Waals surface area contributed by atoms with Gasteiger partial charge in [0.25, 0.3) is 0 Å². The Hall–Kier alpha value is -4.80. The highest BCUT2D eigenvalue weighted by Crippen LogP contribution is 2.36. The number of pyridine rings is 2. The molecule has 10 nitrogen and oxygen atoms in total. The van der Waals surface area contributed by atoms with Crippen LogP contribution in [0.1, 0.15) is 40.2 Å². The topological polar surface area (TPSA) is 147 Å². The summed E-state index contributed by atoms with van der Waals surface area (Å²) in [5.41, 5.74) is 2.84. The molecule has 41 heavy (non-hydrogen) atoms. The van der Waals surface area contributed by atoms with Crippen LogP contribution in [0.3, 0.4) is 0 Å². The number of carboxylic acids is 2. The van der Waals surface area contributed by atoms with Gasteiger partial charge in [0.2, 0.25) is 0 Å². The largest absolute Gasteiger partial charge is 0.508 e. The molecule has 4 aromatic rings. The van der Waals surface area contributed by atoms with Crippen LogP contribution in [0, 0.1) is 6.92 Å². The van der Waals surface area contributed by atoms with E-state index in [1.165, 1.54) is 12.1 Å². The highest BCUT2D eigenvalue weighted by molar-refractivity contribution is 5.70. The number of rotatable bonds is 13. The van der Waals surface area contributed by atoms with Crippen molar-refractivity contribution in [3.05, 3.63) is 119 Å². The minimum absolute atomic E-state index is 0.0131. The highest BCUT2D eigenvalue weighted by atomic mass is 16.4. The summed E-state index contributed by atoms with van der Waals surface area (Å²) in [6.45, 7) is 1.23. The molecule has 0 saturated heterocycles. The molecule has 0 fully saturated rings. The van der Waals surface area contributed by atoms with Crippen LogP contribution in [0.2, 0.25) is 0 Å². The van der Waals surface area contributed by atoms with Crippen molar-refractivity contribution in [1.82, 2.24) is 19.8 Å². The summed E-state index contributed by atoms with van der Waals surface area (Å²) in [7, 11) is 0. The first-order valence-electron chi connectivity index (χ1n) is 13.1. The number of carboxylic acid groups (broad SMARTS) is 2. The Kier molecular flexibility index (Phi) is 9.62. The van der Waals surface area contributed by atoms with Crippen LogP contribution >= 0.6 is 0 Å². The molecule has 0 spiro atoms. The monoisotopic (exact) mass is 556 g/mol. The molecule has 0 aliphatic rings. The second-order valence-electron chi connectivity index (χ2n) is 9.61. The Morgan fingerprint density at radius 2 is 1.20 bits per heavy atom. The first-order chi connectivity index (χ1) is 19.8. The van der Waals surface area contributed by atoms with Crippen molar-refractivity contribution >= 4 is 11.9 Å². The van der Waals surface area contributed by atoms with Gasteiger partial charge < -0.3 is 20.4 Å². The predicted molar refractivity (Wildman–Crippen MR) is 152 cm³/mol. The van der Waals surface area contributed by atoms with E-state index in [-0.39, 0.29) is 24.6 Å². The van der Waals surface area contributed by atoms with E-state index in [1.54, 1.807) is 82.9 Å². The van der Waals surface area contributed by atoms with Gasteiger partial charge in [0, 0.05) is 36.6 Å². The van der Waals surface area contributed by atoms with Crippen molar-refractivity contribution in [2.24, 2.45) is 0 Å². The van der Waals surface area contributed by atoms with Crippen LogP contribution < -0.4 is 0 Å². The van der Waals surface area contributed by atoms with Crippen LogP contribution in [-0.2, 0) is 9.59 Å². The zero-order valence-corrected chi connectivity index (χ0v) is 22.5. The number of benzene rings is 2. The van der Waals surface area contributed by atoms with Gasteiger partial charge in [-0.3, -0.25) is 29.4 Å². The third-order valence-corrected chi connectivity index (χ3v) is 6.82. The molecule has 2 atom stereocenters. The van der Waals surface area contributed by atoms with Crippen molar-refractivity contribution in [2.75, 3.05) is 26.2 Å². The number of hydrogen-bond acceptors (Lipinski definition) is 8. The van der Waals surface area contributed by atoms with Gasteiger partial charge >= 0.3 is 11.9 Å². The molecule has 212 valence electrons. The van der Waals surface area contributed by atoms with E-state index in [0.717, 1.165) is 5.56 Å². The highest BCUT2D eigenvalue weighted by Gasteiger charge is 2.32. The van der Waals surface area contributed by atoms with Gasteiger partial charge in [-0.25, -0.2) is 0 Å². The predicted octanol–water partition coefficient (Wildman–Crippen LogP) is 3.85. The van der Waals surface area contributed by atoms with Crippen LogP contribution in [0.25, 0.3) is 0 Å². The molecule has 10 heteroatoms. The number of hydrogen-bond donors (Lipinski definition) is 4. The number of phenolic OH excluding ortho intramolecular Hbond substituents is 2. The fourth-order valence-electron chi connectivity index (χ4n) is 5.02. The molecule has 2 heterocycles. The smallest absolute Gasteiger partial charge is 0.317 e. The zero-order chi connectivity index (χ0) is 29.4. The van der Waals surface area contributed by atoms with Gasteiger partial charge in [-0.15, -0.1) is 0 Å². The SMILES string of the molecule is Cc1cccnc1C(c1ccccc1O)N(CCN(CC(=O)O)C(c1ccccn1)c1ccccc1O)CC(=O)O. The van der Waals surface area contributed by atoms with Gasteiger partial charge in [-0.1, -0.05) is 48.5 Å². The number of nitrogens with zero attached hydrogens (tertiary/aromatic N) is 4. The molecule has 0 aliphatic heterocycles. The van der Waals surface area contributed by atoms with Crippen LogP contribution in [0.5, 0.6) is 11.5 Å². The van der Waals surface area contributed by atoms with Gasteiger partial charge in [0.05, 0.1) is 36.6 Å². The molecule has 0 saturated carbocycles. The summed E-state index contributed by atoms with van der Waals surface area (Å²) < 4.78 is 0. The average Bonchev–Trinajstić information content (AvgIpc) is 2.94. The van der Waals surface area contributed by atoms with Crippen LogP contribution in [-0.4, -0.2) is 78.3 Å². The van der Waals surface area contributed by atoms with Gasteiger partial charge in [0.15, 0.2) is 0 Å². The minimum atomic E-state index is -1.09. The van der Waals surface area contributed by atoms with E-state index < -0.39 is 37.1 Å². The number of phenols is 2. The number of aliphatic carboxylic acids is 2. The van der Waals surface area contributed by atoms with Gasteiger partial charge in [-0.05, 0) is 42.8 Å². The maximum atomic E-state index is 12.1. The maximum Gasteiger partial charge on any atom is 0.317 e. The first-order valence-corrected chi connectivity index (χ1v) is 13.1.